The Morgan fingerprint density at radius 1 is 1.11 bits per heavy atom. The van der Waals surface area contributed by atoms with E-state index in [1.165, 1.54) is 6.07 Å². The number of piperazine rings is 1. The Kier molecular flexibility index (Phi) is 4.68. The highest BCUT2D eigenvalue weighted by molar-refractivity contribution is 6.38. The van der Waals surface area contributed by atoms with Gasteiger partial charge in [0.1, 0.15) is 11.3 Å². The Labute approximate surface area is 161 Å². The number of phenolic OH excluding ortho intramolecular Hbond substituents is 1. The van der Waals surface area contributed by atoms with Gasteiger partial charge in [-0.3, -0.25) is 4.90 Å². The van der Waals surface area contributed by atoms with Crippen LogP contribution < -0.4 is 4.90 Å². The predicted octanol–water partition coefficient (Wildman–Crippen LogP) is 3.81. The second kappa shape index (κ2) is 7.13. The zero-order valence-corrected chi connectivity index (χ0v) is 15.3. The molecule has 2 N–H and O–H groups in total. The maximum Gasteiger partial charge on any atom is 0.371 e. The summed E-state index contributed by atoms with van der Waals surface area (Å²) in [6.07, 6.45) is 0. The number of aromatic hydroxyl groups is 1. The molecule has 0 radical (unpaired) electrons. The Morgan fingerprint density at radius 3 is 2.56 bits per heavy atom. The molecule has 3 aromatic rings. The lowest BCUT2D eigenvalue weighted by molar-refractivity contribution is 0.0665. The van der Waals surface area contributed by atoms with Crippen molar-refractivity contribution in [2.75, 3.05) is 31.1 Å². The number of aromatic carboxylic acids is 1. The first-order valence-electron chi connectivity index (χ1n) is 8.72. The number of hydrogen-bond acceptors (Lipinski definition) is 5. The lowest BCUT2D eigenvalue weighted by atomic mass is 10.1. The zero-order valence-electron chi connectivity index (χ0n) is 14.6. The van der Waals surface area contributed by atoms with E-state index in [4.69, 9.17) is 21.1 Å². The molecule has 0 amide bonds. The van der Waals surface area contributed by atoms with Gasteiger partial charge in [-0.05, 0) is 18.2 Å². The molecule has 1 saturated heterocycles. The van der Waals surface area contributed by atoms with Crippen LogP contribution in [0.15, 0.2) is 46.9 Å². The van der Waals surface area contributed by atoms with Crippen molar-refractivity contribution >= 4 is 34.2 Å². The number of para-hydroxylation sites is 1. The minimum absolute atomic E-state index is 0.114. The number of furan rings is 1. The van der Waals surface area contributed by atoms with Crippen molar-refractivity contribution in [1.82, 2.24) is 4.90 Å². The van der Waals surface area contributed by atoms with Crippen LogP contribution in [0.1, 0.15) is 16.1 Å². The maximum absolute atomic E-state index is 11.1. The number of hydrogen-bond donors (Lipinski definition) is 2. The van der Waals surface area contributed by atoms with E-state index >= 15 is 0 Å². The quantitative estimate of drug-likeness (QED) is 0.710. The molecular formula is C20H19ClN2O4. The molecule has 6 nitrogen and oxygen atoms in total. The number of phenols is 1. The first-order chi connectivity index (χ1) is 13.0. The van der Waals surface area contributed by atoms with Crippen molar-refractivity contribution in [3.05, 3.63) is 58.8 Å². The molecule has 2 aromatic carbocycles. The molecule has 140 valence electrons. The van der Waals surface area contributed by atoms with Gasteiger partial charge in [0, 0.05) is 49.7 Å². The molecule has 1 aliphatic rings. The van der Waals surface area contributed by atoms with E-state index in [2.05, 4.69) is 9.80 Å². The van der Waals surface area contributed by atoms with Crippen LogP contribution in [-0.2, 0) is 6.54 Å². The van der Waals surface area contributed by atoms with Gasteiger partial charge in [-0.2, -0.15) is 0 Å². The van der Waals surface area contributed by atoms with Crippen molar-refractivity contribution in [1.29, 1.82) is 0 Å². The average molecular weight is 387 g/mol. The van der Waals surface area contributed by atoms with Gasteiger partial charge in [-0.15, -0.1) is 0 Å². The monoisotopic (exact) mass is 386 g/mol. The molecule has 0 bridgehead atoms. The number of benzene rings is 2. The fourth-order valence-electron chi connectivity index (χ4n) is 3.45. The van der Waals surface area contributed by atoms with E-state index in [0.717, 1.165) is 37.4 Å². The minimum atomic E-state index is -1.11. The van der Waals surface area contributed by atoms with Gasteiger partial charge < -0.3 is 19.5 Å². The maximum atomic E-state index is 11.1. The summed E-state index contributed by atoms with van der Waals surface area (Å²) in [4.78, 5) is 15.6. The highest BCUT2D eigenvalue weighted by Gasteiger charge is 2.22. The Hall–Kier alpha value is -2.70. The van der Waals surface area contributed by atoms with Gasteiger partial charge in [0.05, 0.1) is 10.7 Å². The summed E-state index contributed by atoms with van der Waals surface area (Å²) in [5, 5.41) is 20.2. The van der Waals surface area contributed by atoms with E-state index in [1.54, 1.807) is 12.1 Å². The smallest absolute Gasteiger partial charge is 0.371 e. The second-order valence-corrected chi connectivity index (χ2v) is 7.00. The molecule has 0 spiro atoms. The molecule has 0 saturated carbocycles. The number of nitrogens with zero attached hydrogens (tertiary/aromatic N) is 2. The largest absolute Gasteiger partial charge is 0.508 e. The van der Waals surface area contributed by atoms with Gasteiger partial charge in [-0.1, -0.05) is 29.8 Å². The Morgan fingerprint density at radius 2 is 1.85 bits per heavy atom. The molecule has 0 atom stereocenters. The summed E-state index contributed by atoms with van der Waals surface area (Å²) in [5.41, 5.74) is 2.27. The number of fused-ring (bicyclic) bond motifs is 1. The summed E-state index contributed by atoms with van der Waals surface area (Å²) in [6, 6.07) is 12.5. The van der Waals surface area contributed by atoms with Gasteiger partial charge in [0.25, 0.3) is 0 Å². The van der Waals surface area contributed by atoms with E-state index in [1.807, 2.05) is 24.3 Å². The fourth-order valence-corrected chi connectivity index (χ4v) is 3.78. The number of anilines is 1. The first-order valence-corrected chi connectivity index (χ1v) is 9.10. The highest BCUT2D eigenvalue weighted by Crippen LogP contribution is 2.36. The molecule has 2 heterocycles. The van der Waals surface area contributed by atoms with Crippen molar-refractivity contribution < 1.29 is 19.4 Å². The SMILES string of the molecule is O=C(O)c1cc2c(Cl)c(N3CCN(Cc4ccccc4O)CC3)ccc2o1. The summed E-state index contributed by atoms with van der Waals surface area (Å²) < 4.78 is 5.31. The van der Waals surface area contributed by atoms with Crippen LogP contribution in [-0.4, -0.2) is 47.3 Å². The van der Waals surface area contributed by atoms with E-state index in [-0.39, 0.29) is 5.76 Å². The number of halogens is 1. The molecular weight excluding hydrogens is 368 g/mol. The fraction of sp³-hybridized carbons (Fsp3) is 0.250. The van der Waals surface area contributed by atoms with Crippen molar-refractivity contribution in [2.24, 2.45) is 0 Å². The molecule has 1 aromatic heterocycles. The number of rotatable bonds is 4. The topological polar surface area (TPSA) is 77.2 Å². The van der Waals surface area contributed by atoms with Crippen molar-refractivity contribution in [2.45, 2.75) is 6.54 Å². The van der Waals surface area contributed by atoms with Crippen LogP contribution in [0, 0.1) is 0 Å². The van der Waals surface area contributed by atoms with E-state index in [0.29, 0.717) is 28.3 Å². The highest BCUT2D eigenvalue weighted by atomic mass is 35.5. The van der Waals surface area contributed by atoms with Crippen molar-refractivity contribution in [3.63, 3.8) is 0 Å². The first kappa shape index (κ1) is 17.7. The number of carboxylic acid groups (broad SMARTS) is 1. The van der Waals surface area contributed by atoms with Crippen LogP contribution >= 0.6 is 11.6 Å². The van der Waals surface area contributed by atoms with Gasteiger partial charge in [-0.25, -0.2) is 4.79 Å². The van der Waals surface area contributed by atoms with Crippen LogP contribution in [0.25, 0.3) is 11.0 Å². The molecule has 1 fully saturated rings. The number of carbonyl (C=O) groups is 1. The summed E-state index contributed by atoms with van der Waals surface area (Å²) in [5.74, 6) is -0.902. The third-order valence-corrected chi connectivity index (χ3v) is 5.32. The molecule has 1 aliphatic heterocycles. The molecule has 0 aliphatic carbocycles. The average Bonchev–Trinajstić information content (AvgIpc) is 3.11. The molecule has 7 heteroatoms. The lowest BCUT2D eigenvalue weighted by Crippen LogP contribution is -2.46. The van der Waals surface area contributed by atoms with Gasteiger partial charge in [0.2, 0.25) is 5.76 Å². The van der Waals surface area contributed by atoms with E-state index in [9.17, 15) is 9.90 Å². The molecule has 27 heavy (non-hydrogen) atoms. The van der Waals surface area contributed by atoms with Crippen LogP contribution in [0.5, 0.6) is 5.75 Å². The molecule has 4 rings (SSSR count). The second-order valence-electron chi connectivity index (χ2n) is 6.62. The minimum Gasteiger partial charge on any atom is -0.508 e. The third kappa shape index (κ3) is 3.46. The van der Waals surface area contributed by atoms with Gasteiger partial charge in [0.15, 0.2) is 0 Å². The molecule has 0 unspecified atom stereocenters. The normalized spacial score (nSPS) is 15.4. The third-order valence-electron chi connectivity index (χ3n) is 4.92. The van der Waals surface area contributed by atoms with Crippen molar-refractivity contribution in [3.8, 4) is 5.75 Å². The summed E-state index contributed by atoms with van der Waals surface area (Å²) in [6.45, 7) is 3.98. The Bertz CT molecular complexity index is 993. The van der Waals surface area contributed by atoms with Crippen LogP contribution in [0.2, 0.25) is 5.02 Å². The van der Waals surface area contributed by atoms with Gasteiger partial charge >= 0.3 is 5.97 Å². The van der Waals surface area contributed by atoms with E-state index < -0.39 is 5.97 Å². The summed E-state index contributed by atoms with van der Waals surface area (Å²) in [7, 11) is 0. The number of carboxylic acids is 1. The Balaban J connectivity index is 1.48. The van der Waals surface area contributed by atoms with Crippen LogP contribution in [0.3, 0.4) is 0 Å². The lowest BCUT2D eigenvalue weighted by Gasteiger charge is -2.36. The van der Waals surface area contributed by atoms with Crippen LogP contribution in [0.4, 0.5) is 5.69 Å². The standard InChI is InChI=1S/C20H19ClN2O4/c21-19-14-11-18(20(25)26)27-17(14)6-5-15(19)23-9-7-22(8-10-23)12-13-3-1-2-4-16(13)24/h1-6,11,24H,7-10,12H2,(H,25,26). The zero-order chi connectivity index (χ0) is 19.0. The predicted molar refractivity (Wildman–Crippen MR) is 104 cm³/mol. The summed E-state index contributed by atoms with van der Waals surface area (Å²) >= 11 is 6.54.